The normalized spacial score (nSPS) is 16.5. The fraction of sp³-hybridized carbons (Fsp3) is 0.500. The second-order valence-electron chi connectivity index (χ2n) is 2.35. The predicted molar refractivity (Wildman–Crippen MR) is 34.8 cm³/mol. The molecule has 7 nitrogen and oxygen atoms in total. The van der Waals surface area contributed by atoms with Crippen LogP contribution in [0.3, 0.4) is 0 Å². The molecule has 68 valence electrons. The third kappa shape index (κ3) is 3.59. The summed E-state index contributed by atoms with van der Waals surface area (Å²) in [6.07, 6.45) is 0. The molecule has 1 amide bonds. The van der Waals surface area contributed by atoms with Crippen molar-refractivity contribution < 1.29 is 78.3 Å². The molecule has 1 saturated heterocycles. The van der Waals surface area contributed by atoms with Crippen LogP contribution in [0, 0.1) is 5.41 Å². The standard InChI is InChI=1S/C4H8N3O4P.2Na/c1-6-2-3(8)7(4(6)5)12(9,10)11;;/h5H,2H2,1H3,(H2,9,10,11);;/q;2*+1/p-2. The van der Waals surface area contributed by atoms with Gasteiger partial charge in [-0.15, -0.1) is 0 Å². The maximum absolute atomic E-state index is 10.8. The molecule has 10 heteroatoms. The Labute approximate surface area is 125 Å². The van der Waals surface area contributed by atoms with Crippen molar-refractivity contribution in [2.75, 3.05) is 13.6 Å². The first kappa shape index (κ1) is 17.5. The van der Waals surface area contributed by atoms with E-state index in [4.69, 9.17) is 5.41 Å². The minimum absolute atomic E-state index is 0. The quantitative estimate of drug-likeness (QED) is 0.359. The van der Waals surface area contributed by atoms with E-state index in [-0.39, 0.29) is 70.3 Å². The average molecular weight is 237 g/mol. The number of guanidine groups is 1. The zero-order chi connectivity index (χ0) is 9.52. The Morgan fingerprint density at radius 3 is 2.00 bits per heavy atom. The molecule has 14 heavy (non-hydrogen) atoms. The molecule has 0 aromatic rings. The minimum atomic E-state index is -5.15. The molecule has 1 N–H and O–H groups in total. The summed E-state index contributed by atoms with van der Waals surface area (Å²) in [7, 11) is -3.79. The molecule has 1 heterocycles. The van der Waals surface area contributed by atoms with Crippen molar-refractivity contribution in [2.24, 2.45) is 0 Å². The Kier molecular flexibility index (Phi) is 7.47. The molecule has 0 bridgehead atoms. The molecule has 1 rings (SSSR count). The molecule has 1 aliphatic heterocycles. The minimum Gasteiger partial charge on any atom is -0.794 e. The maximum Gasteiger partial charge on any atom is 1.00 e. The summed E-state index contributed by atoms with van der Waals surface area (Å²) in [5, 5.41) is 7.06. The third-order valence-corrected chi connectivity index (χ3v) is 2.32. The zero-order valence-corrected chi connectivity index (χ0v) is 13.1. The molecule has 0 aliphatic carbocycles. The van der Waals surface area contributed by atoms with Gasteiger partial charge in [-0.25, -0.2) is 0 Å². The van der Waals surface area contributed by atoms with Crippen molar-refractivity contribution in [2.45, 2.75) is 0 Å². The first-order valence-electron chi connectivity index (χ1n) is 2.99. The van der Waals surface area contributed by atoms with Crippen molar-refractivity contribution in [3.05, 3.63) is 0 Å². The van der Waals surface area contributed by atoms with E-state index >= 15 is 0 Å². The van der Waals surface area contributed by atoms with Crippen LogP contribution in [0.5, 0.6) is 0 Å². The molecule has 1 fully saturated rings. The molecule has 0 aromatic heterocycles. The Balaban J connectivity index is 0. The summed E-state index contributed by atoms with van der Waals surface area (Å²) in [4.78, 5) is 32.7. The van der Waals surface area contributed by atoms with Crippen LogP contribution in [-0.4, -0.2) is 35.0 Å². The van der Waals surface area contributed by atoms with Gasteiger partial charge in [0.25, 0.3) is 5.91 Å². The predicted octanol–water partition coefficient (Wildman–Crippen LogP) is -8.47. The van der Waals surface area contributed by atoms with Gasteiger partial charge in [0.1, 0.15) is 6.54 Å². The first-order valence-corrected chi connectivity index (χ1v) is 4.49. The monoisotopic (exact) mass is 237 g/mol. The Morgan fingerprint density at radius 2 is 1.86 bits per heavy atom. The summed E-state index contributed by atoms with van der Waals surface area (Å²) in [5.41, 5.74) is 0. The van der Waals surface area contributed by atoms with Crippen LogP contribution in [0.1, 0.15) is 0 Å². The van der Waals surface area contributed by atoms with E-state index in [0.29, 0.717) is 0 Å². The van der Waals surface area contributed by atoms with Gasteiger partial charge in [-0.3, -0.25) is 14.9 Å². The maximum atomic E-state index is 10.8. The van der Waals surface area contributed by atoms with E-state index in [9.17, 15) is 19.1 Å². The van der Waals surface area contributed by atoms with Gasteiger partial charge in [-0.05, 0) is 0 Å². The Morgan fingerprint density at radius 1 is 1.43 bits per heavy atom. The van der Waals surface area contributed by atoms with E-state index in [0.717, 1.165) is 4.90 Å². The van der Waals surface area contributed by atoms with E-state index in [1.807, 2.05) is 0 Å². The van der Waals surface area contributed by atoms with Gasteiger partial charge in [0.15, 0.2) is 0 Å². The third-order valence-electron chi connectivity index (χ3n) is 1.42. The van der Waals surface area contributed by atoms with E-state index in [1.54, 1.807) is 0 Å². The van der Waals surface area contributed by atoms with Gasteiger partial charge in [-0.1, -0.05) is 0 Å². The van der Waals surface area contributed by atoms with Crippen LogP contribution in [0.4, 0.5) is 0 Å². The van der Waals surface area contributed by atoms with Crippen LogP contribution in [0.25, 0.3) is 0 Å². The van der Waals surface area contributed by atoms with Gasteiger partial charge < -0.3 is 19.3 Å². The Hall–Kier alpha value is 1.09. The van der Waals surface area contributed by atoms with Gasteiger partial charge in [0, 0.05) is 14.8 Å². The van der Waals surface area contributed by atoms with E-state index in [1.165, 1.54) is 7.05 Å². The fourth-order valence-electron chi connectivity index (χ4n) is 0.877. The summed E-state index contributed by atoms with van der Waals surface area (Å²) in [6.45, 7) is -0.243. The molecule has 0 aromatic carbocycles. The number of hydrogen-bond donors (Lipinski definition) is 1. The molecule has 0 atom stereocenters. The van der Waals surface area contributed by atoms with Crippen LogP contribution < -0.4 is 68.9 Å². The first-order chi connectivity index (χ1) is 5.34. The Bertz CT molecular complexity index is 292. The smallest absolute Gasteiger partial charge is 0.794 e. The van der Waals surface area contributed by atoms with Crippen molar-refractivity contribution >= 4 is 19.6 Å². The number of nitrogens with one attached hydrogen (secondary N) is 1. The zero-order valence-electron chi connectivity index (χ0n) is 8.18. The van der Waals surface area contributed by atoms with Crippen LogP contribution in [0.2, 0.25) is 0 Å². The molecule has 0 saturated carbocycles. The van der Waals surface area contributed by atoms with Gasteiger partial charge >= 0.3 is 59.1 Å². The van der Waals surface area contributed by atoms with Gasteiger partial charge in [0.2, 0.25) is 5.96 Å². The van der Waals surface area contributed by atoms with Gasteiger partial charge in [0.05, 0.1) is 0 Å². The number of likely N-dealkylation sites (N-methyl/N-ethyl adjacent to an activating group) is 1. The molecular weight excluding hydrogens is 231 g/mol. The topological polar surface area (TPSA) is 111 Å². The SMILES string of the molecule is CN1CC(=O)N(P(=O)([O-])[O-])C1=N.[Na+].[Na+]. The molecule has 0 spiro atoms. The molecule has 0 radical (unpaired) electrons. The van der Waals surface area contributed by atoms with Crippen LogP contribution >= 0.6 is 7.75 Å². The summed E-state index contributed by atoms with van der Waals surface area (Å²) >= 11 is 0. The number of hydrogen-bond acceptors (Lipinski definition) is 5. The number of nitrogens with zero attached hydrogens (tertiary/aromatic N) is 2. The van der Waals surface area contributed by atoms with Gasteiger partial charge in [-0.2, -0.15) is 0 Å². The second-order valence-corrected chi connectivity index (χ2v) is 3.69. The number of amides is 1. The number of carbonyl (C=O) groups is 1. The molecular formula is C4H6N3Na2O4P. The summed E-state index contributed by atoms with van der Waals surface area (Å²) in [5.74, 6) is -1.47. The fourth-order valence-corrected chi connectivity index (χ4v) is 1.60. The summed E-state index contributed by atoms with van der Waals surface area (Å²) < 4.78 is 10.4. The average Bonchev–Trinajstić information content (AvgIpc) is 2.05. The second kappa shape index (κ2) is 5.98. The van der Waals surface area contributed by atoms with Crippen molar-refractivity contribution in [3.63, 3.8) is 0 Å². The van der Waals surface area contributed by atoms with E-state index in [2.05, 4.69) is 0 Å². The summed E-state index contributed by atoms with van der Waals surface area (Å²) in [6, 6.07) is 0. The largest absolute Gasteiger partial charge is 1.00 e. The van der Waals surface area contributed by atoms with E-state index < -0.39 is 19.6 Å². The van der Waals surface area contributed by atoms with Crippen LogP contribution in [0.15, 0.2) is 0 Å². The molecule has 0 unspecified atom stereocenters. The van der Waals surface area contributed by atoms with Crippen molar-refractivity contribution in [1.82, 2.24) is 9.57 Å². The molecule has 1 aliphatic rings. The van der Waals surface area contributed by atoms with Crippen molar-refractivity contribution in [1.29, 1.82) is 5.41 Å². The number of rotatable bonds is 1. The number of carbonyl (C=O) groups excluding carboxylic acids is 1. The van der Waals surface area contributed by atoms with Crippen LogP contribution in [-0.2, 0) is 9.36 Å². The van der Waals surface area contributed by atoms with Crippen molar-refractivity contribution in [3.8, 4) is 0 Å².